The topological polar surface area (TPSA) is 102 Å². The van der Waals surface area contributed by atoms with Crippen LogP contribution in [0.25, 0.3) is 0 Å². The molecule has 3 atom stereocenters. The number of carbonyl (C=O) groups is 3. The summed E-state index contributed by atoms with van der Waals surface area (Å²) in [5, 5.41) is -0.177. The van der Waals surface area contributed by atoms with Crippen LogP contribution in [0.15, 0.2) is 63.0 Å². The summed E-state index contributed by atoms with van der Waals surface area (Å²) in [6, 6.07) is 12.3. The second-order valence-corrected chi connectivity index (χ2v) is 10.6. The lowest BCUT2D eigenvalue weighted by molar-refractivity contribution is -0.136. The number of para-hydroxylation sites is 1. The minimum absolute atomic E-state index is 0.121. The van der Waals surface area contributed by atoms with Crippen molar-refractivity contribution in [2.45, 2.75) is 22.7 Å². The molecular weight excluding hydrogens is 490 g/mol. The van der Waals surface area contributed by atoms with E-state index in [1.807, 2.05) is 6.07 Å². The van der Waals surface area contributed by atoms with E-state index >= 15 is 0 Å². The number of hydrogen-bond acceptors (Lipinski definition) is 8. The Balaban J connectivity index is 1.41. The average molecular weight is 512 g/mol. The van der Waals surface area contributed by atoms with Gasteiger partial charge in [-0.1, -0.05) is 41.3 Å². The third-order valence-electron chi connectivity index (χ3n) is 6.57. The number of ether oxygens (including phenoxy) is 1. The van der Waals surface area contributed by atoms with Crippen LogP contribution < -0.4 is 9.77 Å². The molecule has 3 aliphatic heterocycles. The Morgan fingerprint density at radius 2 is 1.77 bits per heavy atom. The van der Waals surface area contributed by atoms with Crippen molar-refractivity contribution in [2.75, 3.05) is 31.2 Å². The number of benzene rings is 1. The van der Waals surface area contributed by atoms with Gasteiger partial charge in [-0.05, 0) is 24.3 Å². The number of hydrogen-bond donors (Lipinski definition) is 0. The molecule has 5 heterocycles. The molecule has 0 N–H and O–H groups in total. The zero-order chi connectivity index (χ0) is 24.1. The minimum atomic E-state index is -0.732. The van der Waals surface area contributed by atoms with Gasteiger partial charge in [-0.3, -0.25) is 23.7 Å². The highest BCUT2D eigenvalue weighted by molar-refractivity contribution is 8.00. The van der Waals surface area contributed by atoms with E-state index in [-0.39, 0.29) is 29.1 Å². The van der Waals surface area contributed by atoms with Crippen molar-refractivity contribution in [3.63, 3.8) is 0 Å². The number of amides is 3. The van der Waals surface area contributed by atoms with Gasteiger partial charge in [0, 0.05) is 13.1 Å². The van der Waals surface area contributed by atoms with Gasteiger partial charge in [-0.15, -0.1) is 0 Å². The highest BCUT2D eigenvalue weighted by Crippen LogP contribution is 2.53. The maximum absolute atomic E-state index is 13.6. The van der Waals surface area contributed by atoms with E-state index < -0.39 is 17.1 Å². The zero-order valence-corrected chi connectivity index (χ0v) is 20.1. The highest BCUT2D eigenvalue weighted by Gasteiger charge is 2.57. The highest BCUT2D eigenvalue weighted by atomic mass is 32.2. The molecule has 0 aliphatic carbocycles. The monoisotopic (exact) mass is 511 g/mol. The first-order chi connectivity index (χ1) is 17.0. The Morgan fingerprint density at radius 1 is 1.00 bits per heavy atom. The molecule has 35 heavy (non-hydrogen) atoms. The standard InChI is InChI=1S/C24H21N3O6S2/c28-16(25-8-11-32-12-9-25)13-26-23-20(35-24(26)31)17(15-7-4-10-33-15)18-19(34-23)22(30)27(21(18)29)14-5-2-1-3-6-14/h1-7,10,17-19H,8-9,11-13H2/t17-,18-,19+/m0/s1. The summed E-state index contributed by atoms with van der Waals surface area (Å²) in [5.41, 5.74) is 0.513. The molecule has 0 unspecified atom stereocenters. The summed E-state index contributed by atoms with van der Waals surface area (Å²) < 4.78 is 12.5. The van der Waals surface area contributed by atoms with Gasteiger partial charge in [0.05, 0.1) is 46.9 Å². The third-order valence-corrected chi connectivity index (χ3v) is 9.17. The van der Waals surface area contributed by atoms with Crippen molar-refractivity contribution >= 4 is 46.5 Å². The van der Waals surface area contributed by atoms with Gasteiger partial charge in [-0.25, -0.2) is 4.90 Å². The van der Waals surface area contributed by atoms with E-state index in [0.29, 0.717) is 47.7 Å². The van der Waals surface area contributed by atoms with E-state index in [1.54, 1.807) is 41.3 Å². The maximum Gasteiger partial charge on any atom is 0.308 e. The first-order valence-corrected chi connectivity index (χ1v) is 13.0. The van der Waals surface area contributed by atoms with Crippen molar-refractivity contribution in [3.8, 4) is 0 Å². The smallest absolute Gasteiger partial charge is 0.308 e. The van der Waals surface area contributed by atoms with Gasteiger partial charge in [0.1, 0.15) is 17.6 Å². The fourth-order valence-electron chi connectivity index (χ4n) is 4.91. The molecule has 180 valence electrons. The Morgan fingerprint density at radius 3 is 2.49 bits per heavy atom. The van der Waals surface area contributed by atoms with E-state index in [9.17, 15) is 19.2 Å². The van der Waals surface area contributed by atoms with Crippen LogP contribution in [0.4, 0.5) is 5.69 Å². The van der Waals surface area contributed by atoms with Crippen LogP contribution in [0.2, 0.25) is 0 Å². The molecule has 2 aromatic heterocycles. The van der Waals surface area contributed by atoms with E-state index in [0.717, 1.165) is 11.3 Å². The van der Waals surface area contributed by atoms with Crippen molar-refractivity contribution in [3.05, 3.63) is 69.0 Å². The summed E-state index contributed by atoms with van der Waals surface area (Å²) in [4.78, 5) is 56.5. The molecule has 0 radical (unpaired) electrons. The normalized spacial score (nSPS) is 23.9. The molecule has 9 nitrogen and oxygen atoms in total. The summed E-state index contributed by atoms with van der Waals surface area (Å²) in [6.45, 7) is 1.77. The summed E-state index contributed by atoms with van der Waals surface area (Å²) in [6.07, 6.45) is 1.52. The number of anilines is 1. The number of furan rings is 1. The Hall–Kier alpha value is -3.15. The van der Waals surface area contributed by atoms with Gasteiger partial charge in [0.2, 0.25) is 17.7 Å². The van der Waals surface area contributed by atoms with E-state index in [1.165, 1.54) is 27.5 Å². The van der Waals surface area contributed by atoms with Crippen LogP contribution >= 0.6 is 23.1 Å². The summed E-state index contributed by atoms with van der Waals surface area (Å²) in [7, 11) is 0. The quantitative estimate of drug-likeness (QED) is 0.495. The third kappa shape index (κ3) is 3.65. The average Bonchev–Trinajstić information content (AvgIpc) is 3.58. The molecule has 3 amide bonds. The number of fused-ring (bicyclic) bond motifs is 2. The molecule has 11 heteroatoms. The van der Waals surface area contributed by atoms with Gasteiger partial charge in [0.25, 0.3) is 0 Å². The van der Waals surface area contributed by atoms with Crippen LogP contribution in [0.5, 0.6) is 0 Å². The van der Waals surface area contributed by atoms with Gasteiger partial charge in [-0.2, -0.15) is 0 Å². The van der Waals surface area contributed by atoms with Crippen LogP contribution in [0, 0.1) is 5.92 Å². The summed E-state index contributed by atoms with van der Waals surface area (Å²) in [5.74, 6) is -1.61. The second kappa shape index (κ2) is 8.81. The lowest BCUT2D eigenvalue weighted by Gasteiger charge is -2.30. The van der Waals surface area contributed by atoms with Crippen LogP contribution in [-0.4, -0.2) is 58.7 Å². The second-order valence-electron chi connectivity index (χ2n) is 8.52. The first-order valence-electron chi connectivity index (χ1n) is 11.3. The lowest BCUT2D eigenvalue weighted by Crippen LogP contribution is -2.43. The number of morpholine rings is 1. The molecule has 3 aromatic rings. The molecule has 0 bridgehead atoms. The number of carbonyl (C=O) groups excluding carboxylic acids is 3. The number of nitrogens with zero attached hydrogens (tertiary/aromatic N) is 3. The zero-order valence-electron chi connectivity index (χ0n) is 18.5. The van der Waals surface area contributed by atoms with Gasteiger partial charge < -0.3 is 14.1 Å². The number of imide groups is 1. The largest absolute Gasteiger partial charge is 0.469 e. The lowest BCUT2D eigenvalue weighted by atomic mass is 9.87. The number of rotatable bonds is 4. The SMILES string of the molecule is O=C(Cn1c2c(sc1=O)[C@@H](c1ccco1)[C@@H]1C(=O)N(c3ccccc3)C(=O)[C@@H]1S2)N1CCOCC1. The van der Waals surface area contributed by atoms with Gasteiger partial charge >= 0.3 is 4.87 Å². The van der Waals surface area contributed by atoms with E-state index in [2.05, 4.69) is 0 Å². The first kappa shape index (κ1) is 22.3. The molecule has 3 aliphatic rings. The van der Waals surface area contributed by atoms with Crippen LogP contribution in [-0.2, 0) is 25.7 Å². The molecule has 1 aromatic carbocycles. The van der Waals surface area contributed by atoms with E-state index in [4.69, 9.17) is 9.15 Å². The predicted molar refractivity (Wildman–Crippen MR) is 129 cm³/mol. The van der Waals surface area contributed by atoms with Gasteiger partial charge in [0.15, 0.2) is 0 Å². The number of thioether (sulfide) groups is 1. The number of aromatic nitrogens is 1. The van der Waals surface area contributed by atoms with Crippen molar-refractivity contribution in [2.24, 2.45) is 5.92 Å². The Bertz CT molecular complexity index is 1340. The minimum Gasteiger partial charge on any atom is -0.469 e. The Kier molecular flexibility index (Phi) is 5.62. The molecule has 6 rings (SSSR count). The summed E-state index contributed by atoms with van der Waals surface area (Å²) >= 11 is 2.21. The molecular formula is C24H21N3O6S2. The molecule has 0 spiro atoms. The van der Waals surface area contributed by atoms with Crippen molar-refractivity contribution < 1.29 is 23.5 Å². The van der Waals surface area contributed by atoms with Crippen LogP contribution in [0.1, 0.15) is 16.6 Å². The van der Waals surface area contributed by atoms with Crippen molar-refractivity contribution in [1.82, 2.24) is 9.47 Å². The maximum atomic E-state index is 13.6. The fraction of sp³-hybridized carbons (Fsp3) is 0.333. The molecule has 0 saturated carbocycles. The Labute approximate surface area is 208 Å². The number of thiazole rings is 1. The van der Waals surface area contributed by atoms with Crippen molar-refractivity contribution in [1.29, 1.82) is 0 Å². The molecule has 2 saturated heterocycles. The fourth-order valence-corrected chi connectivity index (χ4v) is 7.66. The molecule has 2 fully saturated rings. The van der Waals surface area contributed by atoms with Crippen LogP contribution in [0.3, 0.4) is 0 Å². The predicted octanol–water partition coefficient (Wildman–Crippen LogP) is 2.16.